The number of rotatable bonds is 1. The molecule has 48 valence electrons. The fourth-order valence-electron chi connectivity index (χ4n) is 0.544. The summed E-state index contributed by atoms with van der Waals surface area (Å²) in [5.41, 5.74) is 0.352. The SMILES string of the molecule is O=C(O)C1=[C-]C=CC1.[W]. The third-order valence-corrected chi connectivity index (χ3v) is 0.956. The van der Waals surface area contributed by atoms with Crippen LogP contribution in [0.3, 0.4) is 0 Å². The molecule has 3 heteroatoms. The van der Waals surface area contributed by atoms with E-state index in [2.05, 4.69) is 6.08 Å². The summed E-state index contributed by atoms with van der Waals surface area (Å²) in [5.74, 6) is -0.866. The third kappa shape index (κ3) is 2.15. The Kier molecular flexibility index (Phi) is 3.48. The Bertz CT molecular complexity index is 170. The van der Waals surface area contributed by atoms with Gasteiger partial charge in [-0.15, -0.1) is 0 Å². The van der Waals surface area contributed by atoms with Gasteiger partial charge in [-0.1, -0.05) is 12.0 Å². The third-order valence-electron chi connectivity index (χ3n) is 0.956. The summed E-state index contributed by atoms with van der Waals surface area (Å²) >= 11 is 0. The van der Waals surface area contributed by atoms with Crippen molar-refractivity contribution in [1.82, 2.24) is 0 Å². The second-order valence-corrected chi connectivity index (χ2v) is 1.53. The number of hydrogen-bond donors (Lipinski definition) is 1. The van der Waals surface area contributed by atoms with Crippen molar-refractivity contribution >= 4 is 5.97 Å². The zero-order valence-corrected chi connectivity index (χ0v) is 7.56. The molecule has 0 saturated heterocycles. The van der Waals surface area contributed by atoms with Crippen molar-refractivity contribution in [3.8, 4) is 0 Å². The Morgan fingerprint density at radius 3 is 2.67 bits per heavy atom. The largest absolute Gasteiger partial charge is 0.535 e. The molecule has 0 heterocycles. The van der Waals surface area contributed by atoms with Gasteiger partial charge >= 0.3 is 0 Å². The van der Waals surface area contributed by atoms with Gasteiger partial charge in [-0.05, 0) is 0 Å². The standard InChI is InChI=1S/C6H5O2.W/c7-6(8)5-3-1-2-4-5;/h1-2H,3H2,(H,7,8);/q-1;. The van der Waals surface area contributed by atoms with E-state index in [0.29, 0.717) is 12.0 Å². The summed E-state index contributed by atoms with van der Waals surface area (Å²) in [7, 11) is 0. The van der Waals surface area contributed by atoms with Crippen molar-refractivity contribution in [2.24, 2.45) is 0 Å². The Morgan fingerprint density at radius 1 is 1.78 bits per heavy atom. The number of carboxylic acids is 1. The van der Waals surface area contributed by atoms with Gasteiger partial charge < -0.3 is 9.90 Å². The molecular formula is C6H5O2W-. The normalized spacial score (nSPS) is 14.4. The maximum atomic E-state index is 10.1. The smallest absolute Gasteiger partial charge is 0.224 e. The number of carbonyl (C=O) groups is 1. The summed E-state index contributed by atoms with van der Waals surface area (Å²) in [5, 5.41) is 8.27. The summed E-state index contributed by atoms with van der Waals surface area (Å²) in [4.78, 5) is 10.1. The van der Waals surface area contributed by atoms with E-state index in [4.69, 9.17) is 5.11 Å². The van der Waals surface area contributed by atoms with Crippen LogP contribution in [0.2, 0.25) is 0 Å². The maximum Gasteiger partial charge on any atom is 0.224 e. The van der Waals surface area contributed by atoms with Crippen LogP contribution in [0.1, 0.15) is 6.42 Å². The molecule has 0 amide bonds. The number of hydrogen-bond acceptors (Lipinski definition) is 1. The Hall–Kier alpha value is -0.362. The number of carboxylic acid groups (broad SMARTS) is 1. The average Bonchev–Trinajstić information content (AvgIpc) is 2.12. The molecule has 1 aliphatic carbocycles. The molecule has 0 aromatic rings. The first-order valence-electron chi connectivity index (χ1n) is 2.31. The van der Waals surface area contributed by atoms with Crippen molar-refractivity contribution in [3.63, 3.8) is 0 Å². The predicted molar refractivity (Wildman–Crippen MR) is 28.1 cm³/mol. The van der Waals surface area contributed by atoms with Crippen LogP contribution in [0, 0.1) is 6.08 Å². The van der Waals surface area contributed by atoms with Crippen LogP contribution < -0.4 is 0 Å². The first-order chi connectivity index (χ1) is 3.80. The van der Waals surface area contributed by atoms with Gasteiger partial charge in [0, 0.05) is 21.1 Å². The summed E-state index contributed by atoms with van der Waals surface area (Å²) < 4.78 is 0. The van der Waals surface area contributed by atoms with E-state index in [9.17, 15) is 4.79 Å². The molecule has 0 bridgehead atoms. The van der Waals surface area contributed by atoms with E-state index in [0.717, 1.165) is 0 Å². The average molecular weight is 293 g/mol. The minimum absolute atomic E-state index is 0. The van der Waals surface area contributed by atoms with E-state index in [1.165, 1.54) is 0 Å². The molecule has 1 N–H and O–H groups in total. The van der Waals surface area contributed by atoms with Gasteiger partial charge in [-0.2, -0.15) is 18.2 Å². The van der Waals surface area contributed by atoms with E-state index in [-0.39, 0.29) is 21.1 Å². The summed E-state index contributed by atoms with van der Waals surface area (Å²) in [6.45, 7) is 0. The molecule has 0 aromatic carbocycles. The Balaban J connectivity index is 0.000000640. The number of allylic oxidation sites excluding steroid dienone is 3. The van der Waals surface area contributed by atoms with Crippen LogP contribution in [0.25, 0.3) is 0 Å². The second kappa shape index (κ2) is 3.62. The molecule has 1 aliphatic rings. The molecule has 0 atom stereocenters. The zero-order valence-electron chi connectivity index (χ0n) is 4.63. The van der Waals surface area contributed by atoms with Crippen LogP contribution in [0.15, 0.2) is 17.7 Å². The quantitative estimate of drug-likeness (QED) is 0.725. The van der Waals surface area contributed by atoms with Gasteiger partial charge in [0.05, 0.1) is 0 Å². The van der Waals surface area contributed by atoms with Crippen molar-refractivity contribution in [2.75, 3.05) is 0 Å². The maximum absolute atomic E-state index is 10.1. The first-order valence-corrected chi connectivity index (χ1v) is 2.31. The Morgan fingerprint density at radius 2 is 2.44 bits per heavy atom. The van der Waals surface area contributed by atoms with E-state index >= 15 is 0 Å². The second-order valence-electron chi connectivity index (χ2n) is 1.53. The molecule has 1 rings (SSSR count). The van der Waals surface area contributed by atoms with Crippen molar-refractivity contribution in [3.05, 3.63) is 23.8 Å². The van der Waals surface area contributed by atoms with Crippen molar-refractivity contribution < 1.29 is 31.0 Å². The molecule has 0 unspecified atom stereocenters. The van der Waals surface area contributed by atoms with Gasteiger partial charge in [0.25, 0.3) is 0 Å². The fourth-order valence-corrected chi connectivity index (χ4v) is 0.544. The van der Waals surface area contributed by atoms with E-state index in [1.807, 2.05) is 0 Å². The van der Waals surface area contributed by atoms with Crippen molar-refractivity contribution in [2.45, 2.75) is 6.42 Å². The molecule has 2 nitrogen and oxygen atoms in total. The molecule has 0 saturated carbocycles. The molecule has 0 spiro atoms. The van der Waals surface area contributed by atoms with Crippen LogP contribution >= 0.6 is 0 Å². The van der Waals surface area contributed by atoms with Gasteiger partial charge in [-0.25, -0.2) is 0 Å². The van der Waals surface area contributed by atoms with Gasteiger partial charge in [-0.3, -0.25) is 0 Å². The van der Waals surface area contributed by atoms with Crippen LogP contribution in [-0.2, 0) is 25.9 Å². The fraction of sp³-hybridized carbons (Fsp3) is 0.167. The van der Waals surface area contributed by atoms with Gasteiger partial charge in [0.1, 0.15) is 0 Å². The van der Waals surface area contributed by atoms with Crippen LogP contribution in [0.4, 0.5) is 0 Å². The Labute approximate surface area is 67.5 Å². The predicted octanol–water partition coefficient (Wildman–Crippen LogP) is 0.758. The van der Waals surface area contributed by atoms with Gasteiger partial charge in [0.15, 0.2) is 0 Å². The summed E-state index contributed by atoms with van der Waals surface area (Å²) in [6, 6.07) is 0. The van der Waals surface area contributed by atoms with E-state index in [1.54, 1.807) is 12.2 Å². The monoisotopic (exact) mass is 293 g/mol. The van der Waals surface area contributed by atoms with Crippen LogP contribution in [0.5, 0.6) is 0 Å². The molecule has 0 aliphatic heterocycles. The first kappa shape index (κ1) is 8.64. The zero-order chi connectivity index (χ0) is 5.98. The van der Waals surface area contributed by atoms with Crippen molar-refractivity contribution in [1.29, 1.82) is 0 Å². The molecular weight excluding hydrogens is 288 g/mol. The number of aliphatic carboxylic acids is 1. The minimum atomic E-state index is -0.866. The molecule has 9 heavy (non-hydrogen) atoms. The summed E-state index contributed by atoms with van der Waals surface area (Å²) in [6.07, 6.45) is 6.51. The van der Waals surface area contributed by atoms with Crippen LogP contribution in [-0.4, -0.2) is 11.1 Å². The molecule has 0 fully saturated rings. The molecule has 0 radical (unpaired) electrons. The minimum Gasteiger partial charge on any atom is -0.535 e. The molecule has 0 aromatic heterocycles. The topological polar surface area (TPSA) is 37.3 Å². The van der Waals surface area contributed by atoms with Gasteiger partial charge in [0.2, 0.25) is 5.97 Å². The van der Waals surface area contributed by atoms with E-state index < -0.39 is 5.97 Å².